The zero-order chi connectivity index (χ0) is 13.2. The van der Waals surface area contributed by atoms with Crippen LogP contribution in [0.5, 0.6) is 0 Å². The molecule has 0 spiro atoms. The molecule has 9 heteroatoms. The molecule has 0 aromatic heterocycles. The first-order valence-electron chi connectivity index (χ1n) is 4.13. The fourth-order valence-corrected chi connectivity index (χ4v) is 0.350. The lowest BCUT2D eigenvalue weighted by Gasteiger charge is -2.13. The minimum Gasteiger partial charge on any atom is -0.451 e. The van der Waals surface area contributed by atoms with Crippen molar-refractivity contribution in [2.24, 2.45) is 5.73 Å². The number of thiol groups is 1. The maximum Gasteiger partial charge on any atom is 0.490 e. The highest BCUT2D eigenvalue weighted by Gasteiger charge is 2.42. The van der Waals surface area contributed by atoms with Crippen molar-refractivity contribution >= 4 is 18.6 Å². The number of hydrogen-bond acceptors (Lipinski definition) is 6. The third-order valence-electron chi connectivity index (χ3n) is 1.04. The summed E-state index contributed by atoms with van der Waals surface area (Å²) in [7, 11) is 0. The lowest BCUT2D eigenvalue weighted by molar-refractivity contribution is -0.207. The van der Waals surface area contributed by atoms with Gasteiger partial charge in [-0.05, 0) is 0 Å². The molecule has 98 valence electrons. The molecule has 0 bridgehead atoms. The summed E-state index contributed by atoms with van der Waals surface area (Å²) >= 11 is 3.80. The van der Waals surface area contributed by atoms with Gasteiger partial charge in [0.25, 0.3) is 0 Å². The van der Waals surface area contributed by atoms with E-state index in [0.717, 1.165) is 5.75 Å². The number of nitrogens with two attached hydrogens (primary N) is 1. The van der Waals surface area contributed by atoms with Crippen LogP contribution < -0.4 is 5.73 Å². The van der Waals surface area contributed by atoms with Gasteiger partial charge in [-0.3, -0.25) is 0 Å². The fourth-order valence-electron chi connectivity index (χ4n) is 0.350. The Morgan fingerprint density at radius 2 is 1.75 bits per heavy atom. The standard InChI is InChI=1S/C5H7F3O4.C2H7NS/c6-5(7,8)4(11)12-3(1-9)2-10;3-1-2-4/h3,9-10H,1-2H2;4H,1-3H2. The molecule has 0 unspecified atom stereocenters. The van der Waals surface area contributed by atoms with Crippen LogP contribution in [0.2, 0.25) is 0 Å². The van der Waals surface area contributed by atoms with Crippen LogP contribution in [-0.2, 0) is 9.53 Å². The van der Waals surface area contributed by atoms with Crippen molar-refractivity contribution in [2.75, 3.05) is 25.5 Å². The van der Waals surface area contributed by atoms with Crippen LogP contribution in [0.3, 0.4) is 0 Å². The van der Waals surface area contributed by atoms with E-state index in [1.165, 1.54) is 0 Å². The molecule has 0 aromatic rings. The van der Waals surface area contributed by atoms with E-state index in [4.69, 9.17) is 15.9 Å². The Labute approximate surface area is 95.8 Å². The van der Waals surface area contributed by atoms with E-state index in [1.807, 2.05) is 0 Å². The summed E-state index contributed by atoms with van der Waals surface area (Å²) in [5.41, 5.74) is 4.95. The van der Waals surface area contributed by atoms with E-state index in [9.17, 15) is 18.0 Å². The van der Waals surface area contributed by atoms with Crippen LogP contribution >= 0.6 is 12.6 Å². The number of carbonyl (C=O) groups is 1. The summed E-state index contributed by atoms with van der Waals surface area (Å²) in [6.45, 7) is -1.01. The first kappa shape index (κ1) is 17.9. The smallest absolute Gasteiger partial charge is 0.451 e. The molecule has 5 nitrogen and oxygen atoms in total. The number of ether oxygens (including phenoxy) is 1. The van der Waals surface area contributed by atoms with Crippen molar-refractivity contribution in [3.05, 3.63) is 0 Å². The summed E-state index contributed by atoms with van der Waals surface area (Å²) in [5, 5.41) is 16.5. The van der Waals surface area contributed by atoms with Crippen molar-refractivity contribution in [2.45, 2.75) is 12.3 Å². The molecule has 0 heterocycles. The van der Waals surface area contributed by atoms with Gasteiger partial charge >= 0.3 is 12.1 Å². The lowest BCUT2D eigenvalue weighted by Crippen LogP contribution is -2.33. The van der Waals surface area contributed by atoms with E-state index in [0.29, 0.717) is 6.54 Å². The molecule has 0 saturated carbocycles. The normalized spacial score (nSPS) is 10.8. The summed E-state index contributed by atoms with van der Waals surface area (Å²) in [5.74, 6) is -1.63. The Balaban J connectivity index is 0. The van der Waals surface area contributed by atoms with Crippen molar-refractivity contribution in [1.29, 1.82) is 0 Å². The average molecular weight is 265 g/mol. The van der Waals surface area contributed by atoms with Crippen molar-refractivity contribution in [3.63, 3.8) is 0 Å². The second kappa shape index (κ2) is 9.70. The lowest BCUT2D eigenvalue weighted by atomic mass is 10.4. The number of carbonyl (C=O) groups excluding carboxylic acids is 1. The summed E-state index contributed by atoms with van der Waals surface area (Å²) in [6.07, 6.45) is -6.61. The zero-order valence-corrected chi connectivity index (χ0v) is 9.17. The van der Waals surface area contributed by atoms with Crippen LogP contribution in [-0.4, -0.2) is 54.0 Å². The van der Waals surface area contributed by atoms with Gasteiger partial charge in [0.1, 0.15) is 6.10 Å². The molecule has 4 N–H and O–H groups in total. The van der Waals surface area contributed by atoms with Gasteiger partial charge < -0.3 is 20.7 Å². The Morgan fingerprint density at radius 1 is 1.38 bits per heavy atom. The van der Waals surface area contributed by atoms with Crippen molar-refractivity contribution < 1.29 is 32.9 Å². The SMILES string of the molecule is NCCS.O=C(OC(CO)CO)C(F)(F)F. The number of rotatable bonds is 4. The largest absolute Gasteiger partial charge is 0.490 e. The molecule has 0 rings (SSSR count). The van der Waals surface area contributed by atoms with Crippen LogP contribution in [0.25, 0.3) is 0 Å². The van der Waals surface area contributed by atoms with Crippen LogP contribution in [0, 0.1) is 0 Å². The first-order valence-corrected chi connectivity index (χ1v) is 4.77. The fraction of sp³-hybridized carbons (Fsp3) is 0.857. The molecular weight excluding hydrogens is 251 g/mol. The van der Waals surface area contributed by atoms with E-state index in [2.05, 4.69) is 17.4 Å². The van der Waals surface area contributed by atoms with E-state index >= 15 is 0 Å². The summed E-state index contributed by atoms with van der Waals surface area (Å²) in [4.78, 5) is 10.0. The van der Waals surface area contributed by atoms with E-state index < -0.39 is 31.5 Å². The molecule has 16 heavy (non-hydrogen) atoms. The minimum absolute atomic E-state index is 0.684. The van der Waals surface area contributed by atoms with E-state index in [1.54, 1.807) is 0 Å². The summed E-state index contributed by atoms with van der Waals surface area (Å²) in [6, 6.07) is 0. The quantitative estimate of drug-likeness (QED) is 0.399. The molecule has 0 aromatic carbocycles. The number of aliphatic hydroxyl groups excluding tert-OH is 2. The van der Waals surface area contributed by atoms with Gasteiger partial charge in [-0.25, -0.2) is 4.79 Å². The molecule has 0 radical (unpaired) electrons. The van der Waals surface area contributed by atoms with Crippen LogP contribution in [0.15, 0.2) is 0 Å². The predicted molar refractivity (Wildman–Crippen MR) is 53.0 cm³/mol. The highest BCUT2D eigenvalue weighted by molar-refractivity contribution is 7.80. The topological polar surface area (TPSA) is 92.8 Å². The highest BCUT2D eigenvalue weighted by atomic mass is 32.1. The van der Waals surface area contributed by atoms with Gasteiger partial charge in [0.05, 0.1) is 13.2 Å². The number of hydrogen-bond donors (Lipinski definition) is 4. The Kier molecular flexibility index (Phi) is 10.8. The van der Waals surface area contributed by atoms with Gasteiger partial charge in [-0.2, -0.15) is 25.8 Å². The number of halogens is 3. The molecule has 0 atom stereocenters. The summed E-state index contributed by atoms with van der Waals surface area (Å²) < 4.78 is 38.0. The molecule has 0 saturated heterocycles. The second-order valence-corrected chi connectivity index (χ2v) is 2.85. The maximum atomic E-state index is 11.4. The van der Waals surface area contributed by atoms with Gasteiger partial charge in [0, 0.05) is 12.3 Å². The Bertz CT molecular complexity index is 185. The van der Waals surface area contributed by atoms with Crippen LogP contribution in [0.1, 0.15) is 0 Å². The van der Waals surface area contributed by atoms with Gasteiger partial charge in [-0.15, -0.1) is 0 Å². The number of esters is 1. The number of alkyl halides is 3. The van der Waals surface area contributed by atoms with Gasteiger partial charge in [0.2, 0.25) is 0 Å². The maximum absolute atomic E-state index is 11.4. The van der Waals surface area contributed by atoms with Crippen molar-refractivity contribution in [3.8, 4) is 0 Å². The molecule has 0 amide bonds. The van der Waals surface area contributed by atoms with Gasteiger partial charge in [-0.1, -0.05) is 0 Å². The number of aliphatic hydroxyl groups is 2. The highest BCUT2D eigenvalue weighted by Crippen LogP contribution is 2.17. The minimum atomic E-state index is -5.09. The Hall–Kier alpha value is -0.510. The zero-order valence-electron chi connectivity index (χ0n) is 8.28. The average Bonchev–Trinajstić information content (AvgIpc) is 2.24. The van der Waals surface area contributed by atoms with Gasteiger partial charge in [0.15, 0.2) is 0 Å². The molecular formula is C7H14F3NO4S. The van der Waals surface area contributed by atoms with Crippen molar-refractivity contribution in [1.82, 2.24) is 0 Å². The Morgan fingerprint density at radius 3 is 1.94 bits per heavy atom. The third kappa shape index (κ3) is 10.0. The molecule has 0 aliphatic rings. The second-order valence-electron chi connectivity index (χ2n) is 2.40. The van der Waals surface area contributed by atoms with Crippen LogP contribution in [0.4, 0.5) is 13.2 Å². The molecule has 0 fully saturated rings. The molecule has 0 aliphatic carbocycles. The first-order chi connectivity index (χ1) is 7.33. The van der Waals surface area contributed by atoms with E-state index in [-0.39, 0.29) is 0 Å². The predicted octanol–water partition coefficient (Wildman–Crippen LogP) is -0.680. The monoisotopic (exact) mass is 265 g/mol. The molecule has 0 aliphatic heterocycles. The third-order valence-corrected chi connectivity index (χ3v) is 1.30.